The van der Waals surface area contributed by atoms with E-state index in [1.54, 1.807) is 4.90 Å². The second-order valence-corrected chi connectivity index (χ2v) is 11.8. The van der Waals surface area contributed by atoms with E-state index in [0.29, 0.717) is 36.9 Å². The van der Waals surface area contributed by atoms with E-state index in [-0.39, 0.29) is 18.1 Å². The molecule has 1 saturated carbocycles. The lowest BCUT2D eigenvalue weighted by atomic mass is 9.89. The smallest absolute Gasteiger partial charge is 0.310 e. The third-order valence-electron chi connectivity index (χ3n) is 9.60. The van der Waals surface area contributed by atoms with Crippen molar-refractivity contribution in [1.82, 2.24) is 14.5 Å². The van der Waals surface area contributed by atoms with Crippen molar-refractivity contribution in [2.75, 3.05) is 18.0 Å². The molecule has 0 radical (unpaired) electrons. The van der Waals surface area contributed by atoms with Gasteiger partial charge in [0.15, 0.2) is 5.82 Å². The van der Waals surface area contributed by atoms with E-state index in [9.17, 15) is 19.8 Å². The van der Waals surface area contributed by atoms with Gasteiger partial charge in [0, 0.05) is 37.3 Å². The molecular formula is C29H40N4O4. The second kappa shape index (κ2) is 10.4. The first-order valence-electron chi connectivity index (χ1n) is 14.5. The molecule has 37 heavy (non-hydrogen) atoms. The zero-order chi connectivity index (χ0) is 25.5. The average molecular weight is 509 g/mol. The van der Waals surface area contributed by atoms with Crippen molar-refractivity contribution in [1.29, 1.82) is 0 Å². The number of anilines is 1. The Balaban J connectivity index is 1.32. The first-order valence-corrected chi connectivity index (χ1v) is 14.5. The van der Waals surface area contributed by atoms with Gasteiger partial charge in [-0.15, -0.1) is 0 Å². The number of aliphatic carboxylic acids is 1. The average Bonchev–Trinajstić information content (AvgIpc) is 3.12. The largest absolute Gasteiger partial charge is 0.481 e. The maximum Gasteiger partial charge on any atom is 0.310 e. The molecule has 5 atom stereocenters. The number of hydrogen-bond acceptors (Lipinski definition) is 6. The summed E-state index contributed by atoms with van der Waals surface area (Å²) < 4.78 is 1.99. The Bertz CT molecular complexity index is 1180. The van der Waals surface area contributed by atoms with Crippen LogP contribution in [0.25, 0.3) is 11.0 Å². The number of para-hydroxylation sites is 2. The van der Waals surface area contributed by atoms with Gasteiger partial charge in [0.1, 0.15) is 5.92 Å². The second-order valence-electron chi connectivity index (χ2n) is 11.8. The summed E-state index contributed by atoms with van der Waals surface area (Å²) in [6.07, 6.45) is 13.2. The lowest BCUT2D eigenvalue weighted by Gasteiger charge is -2.45. The Morgan fingerprint density at radius 2 is 1.54 bits per heavy atom. The molecule has 6 rings (SSSR count). The lowest BCUT2D eigenvalue weighted by Crippen LogP contribution is -2.51. The highest BCUT2D eigenvalue weighted by molar-refractivity contribution is 5.77. The standard InChI is InChI=1S/C29H40N4O4/c34-26-14-15-31(18-23(26)29(36)37)27-28(35)33(25-11-7-6-10-24(25)30-27)22-16-20-12-13-21(17-22)32(20)19-8-4-2-1-3-5-9-19/h6-7,10-11,19-23,26,34H,1-5,8-9,12-18H2,(H,36,37)/t20-,21+,22+,23?,26?. The summed E-state index contributed by atoms with van der Waals surface area (Å²) in [4.78, 5) is 35.2. The topological polar surface area (TPSA) is 98.9 Å². The predicted molar refractivity (Wildman–Crippen MR) is 143 cm³/mol. The molecule has 2 bridgehead atoms. The van der Waals surface area contributed by atoms with E-state index in [0.717, 1.165) is 23.9 Å². The molecule has 4 heterocycles. The fourth-order valence-electron chi connectivity index (χ4n) is 7.81. The predicted octanol–water partition coefficient (Wildman–Crippen LogP) is 3.95. The van der Waals surface area contributed by atoms with Gasteiger partial charge in [0.2, 0.25) is 0 Å². The Morgan fingerprint density at radius 1 is 0.865 bits per heavy atom. The molecule has 200 valence electrons. The molecule has 3 saturated heterocycles. The summed E-state index contributed by atoms with van der Waals surface area (Å²) in [5.74, 6) is -1.62. The number of aliphatic hydroxyl groups is 1. The molecule has 2 unspecified atom stereocenters. The molecule has 1 aromatic carbocycles. The number of aromatic nitrogens is 2. The van der Waals surface area contributed by atoms with Gasteiger partial charge < -0.3 is 19.7 Å². The third kappa shape index (κ3) is 4.67. The number of carboxylic acid groups (broad SMARTS) is 1. The van der Waals surface area contributed by atoms with Crippen molar-refractivity contribution in [3.8, 4) is 0 Å². The fraction of sp³-hybridized carbons (Fsp3) is 0.690. The number of rotatable bonds is 4. The van der Waals surface area contributed by atoms with Crippen LogP contribution in [0, 0.1) is 5.92 Å². The van der Waals surface area contributed by atoms with Gasteiger partial charge in [-0.05, 0) is 57.1 Å². The third-order valence-corrected chi connectivity index (χ3v) is 9.60. The summed E-state index contributed by atoms with van der Waals surface area (Å²) in [6, 6.07) is 9.70. The number of carbonyl (C=O) groups is 1. The number of hydrogen-bond donors (Lipinski definition) is 2. The normalized spacial score (nSPS) is 31.8. The highest BCUT2D eigenvalue weighted by Gasteiger charge is 2.45. The van der Waals surface area contributed by atoms with Crippen LogP contribution in [0.4, 0.5) is 5.82 Å². The number of benzene rings is 1. The first-order chi connectivity index (χ1) is 18.0. The van der Waals surface area contributed by atoms with E-state index in [1.165, 1.54) is 57.8 Å². The molecule has 4 aliphatic rings. The van der Waals surface area contributed by atoms with Crippen LogP contribution in [0.15, 0.2) is 29.1 Å². The molecule has 1 aliphatic carbocycles. The van der Waals surface area contributed by atoms with E-state index >= 15 is 0 Å². The van der Waals surface area contributed by atoms with E-state index in [4.69, 9.17) is 4.98 Å². The van der Waals surface area contributed by atoms with Gasteiger partial charge in [-0.25, -0.2) is 4.98 Å². The molecule has 2 N–H and O–H groups in total. The van der Waals surface area contributed by atoms with Crippen LogP contribution in [0.2, 0.25) is 0 Å². The highest BCUT2D eigenvalue weighted by Crippen LogP contribution is 2.44. The Morgan fingerprint density at radius 3 is 2.24 bits per heavy atom. The summed E-state index contributed by atoms with van der Waals surface area (Å²) in [7, 11) is 0. The lowest BCUT2D eigenvalue weighted by molar-refractivity contribution is -0.146. The minimum absolute atomic E-state index is 0.0997. The molecule has 8 nitrogen and oxygen atoms in total. The number of piperidine rings is 2. The summed E-state index contributed by atoms with van der Waals surface area (Å²) in [5, 5.41) is 19.8. The molecule has 8 heteroatoms. The van der Waals surface area contributed by atoms with Crippen molar-refractivity contribution in [2.24, 2.45) is 5.92 Å². The summed E-state index contributed by atoms with van der Waals surface area (Å²) >= 11 is 0. The van der Waals surface area contributed by atoms with Crippen LogP contribution in [0.1, 0.15) is 83.1 Å². The molecule has 0 amide bonds. The number of carboxylic acids is 1. The van der Waals surface area contributed by atoms with E-state index in [1.807, 2.05) is 28.8 Å². The highest BCUT2D eigenvalue weighted by atomic mass is 16.4. The van der Waals surface area contributed by atoms with Crippen molar-refractivity contribution in [2.45, 2.75) is 107 Å². The maximum absolute atomic E-state index is 14.1. The van der Waals surface area contributed by atoms with Crippen LogP contribution < -0.4 is 10.5 Å². The molecule has 0 spiro atoms. The van der Waals surface area contributed by atoms with Crippen LogP contribution >= 0.6 is 0 Å². The van der Waals surface area contributed by atoms with Gasteiger partial charge >= 0.3 is 5.97 Å². The quantitative estimate of drug-likeness (QED) is 0.645. The molecule has 2 aromatic rings. The van der Waals surface area contributed by atoms with Crippen molar-refractivity contribution in [3.63, 3.8) is 0 Å². The van der Waals surface area contributed by atoms with Crippen LogP contribution in [-0.4, -0.2) is 68.0 Å². The Labute approximate surface area is 218 Å². The number of fused-ring (bicyclic) bond motifs is 3. The molecule has 4 fully saturated rings. The Hall–Kier alpha value is -2.45. The van der Waals surface area contributed by atoms with Gasteiger partial charge in [-0.3, -0.25) is 14.5 Å². The zero-order valence-electron chi connectivity index (χ0n) is 21.7. The first kappa shape index (κ1) is 24.9. The van der Waals surface area contributed by atoms with Crippen LogP contribution in [0.5, 0.6) is 0 Å². The molecular weight excluding hydrogens is 468 g/mol. The minimum Gasteiger partial charge on any atom is -0.481 e. The van der Waals surface area contributed by atoms with Crippen LogP contribution in [0.3, 0.4) is 0 Å². The van der Waals surface area contributed by atoms with E-state index < -0.39 is 18.0 Å². The number of aliphatic hydroxyl groups excluding tert-OH is 1. The van der Waals surface area contributed by atoms with Gasteiger partial charge in [0.25, 0.3) is 5.56 Å². The maximum atomic E-state index is 14.1. The van der Waals surface area contributed by atoms with E-state index in [2.05, 4.69) is 4.90 Å². The van der Waals surface area contributed by atoms with Crippen molar-refractivity contribution < 1.29 is 15.0 Å². The monoisotopic (exact) mass is 508 g/mol. The summed E-state index contributed by atoms with van der Waals surface area (Å²) in [5.41, 5.74) is 1.51. The van der Waals surface area contributed by atoms with Gasteiger partial charge in [0.05, 0.1) is 17.1 Å². The van der Waals surface area contributed by atoms with Gasteiger partial charge in [-0.2, -0.15) is 0 Å². The Kier molecular flexibility index (Phi) is 6.97. The minimum atomic E-state index is -1.03. The van der Waals surface area contributed by atoms with Crippen molar-refractivity contribution in [3.05, 3.63) is 34.6 Å². The zero-order valence-corrected chi connectivity index (χ0v) is 21.7. The number of nitrogens with zero attached hydrogens (tertiary/aromatic N) is 4. The molecule has 1 aromatic heterocycles. The van der Waals surface area contributed by atoms with Gasteiger partial charge in [-0.1, -0.05) is 44.2 Å². The fourth-order valence-corrected chi connectivity index (χ4v) is 7.81. The van der Waals surface area contributed by atoms with Crippen LogP contribution in [-0.2, 0) is 4.79 Å². The summed E-state index contributed by atoms with van der Waals surface area (Å²) in [6.45, 7) is 0.527. The van der Waals surface area contributed by atoms with Crippen molar-refractivity contribution >= 4 is 22.8 Å². The SMILES string of the molecule is O=C(O)C1CN(c2nc3ccccc3n([C@H]3C[C@H]4CC[C@@H](C3)N4C3CCCCCCC3)c2=O)CCC1O. The molecule has 3 aliphatic heterocycles.